The van der Waals surface area contributed by atoms with E-state index < -0.39 is 0 Å². The molecule has 6 aromatic heterocycles. The Balaban J connectivity index is 0.000000164. The van der Waals surface area contributed by atoms with Gasteiger partial charge in [0.05, 0.1) is 45.6 Å². The molecule has 0 aliphatic carbocycles. The van der Waals surface area contributed by atoms with Gasteiger partial charge in [0.2, 0.25) is 0 Å². The van der Waals surface area contributed by atoms with Crippen LogP contribution in [-0.4, -0.2) is 19.9 Å². The molecule has 16 bridgehead atoms. The Labute approximate surface area is 593 Å². The molecular formula is C88H56Fe2N8O-6. The van der Waals surface area contributed by atoms with Gasteiger partial charge in [-0.15, -0.1) is 44.1 Å². The largest absolute Gasteiger partial charge is 2.00 e. The van der Waals surface area contributed by atoms with Crippen molar-refractivity contribution in [2.24, 2.45) is 0 Å². The van der Waals surface area contributed by atoms with E-state index in [1.54, 1.807) is 0 Å². The Morgan fingerprint density at radius 3 is 0.374 bits per heavy atom. The van der Waals surface area contributed by atoms with Crippen molar-refractivity contribution in [3.63, 3.8) is 0 Å². The maximum atomic E-state index is 5.31. The van der Waals surface area contributed by atoms with Crippen molar-refractivity contribution in [2.45, 2.75) is 0 Å². The Morgan fingerprint density at radius 2 is 0.263 bits per heavy atom. The molecule has 9 nitrogen and oxygen atoms in total. The van der Waals surface area contributed by atoms with Gasteiger partial charge in [-0.1, -0.05) is 291 Å². The molecule has 0 N–H and O–H groups in total. The maximum absolute atomic E-state index is 5.31. The second kappa shape index (κ2) is 28.3. The van der Waals surface area contributed by atoms with Crippen molar-refractivity contribution >= 4 is 92.7 Å². The fraction of sp³-hybridized carbons (Fsp3) is 0. The van der Waals surface area contributed by atoms with Crippen molar-refractivity contribution in [3.05, 3.63) is 337 Å². The molecule has 476 valence electrons. The van der Waals surface area contributed by atoms with Crippen LogP contribution in [-0.2, 0) is 39.6 Å². The normalized spacial score (nSPS) is 11.6. The molecule has 14 aromatic rings. The summed E-state index contributed by atoms with van der Waals surface area (Å²) in [5.74, 6) is 0. The van der Waals surface area contributed by atoms with Crippen molar-refractivity contribution in [1.29, 1.82) is 0 Å². The van der Waals surface area contributed by atoms with Crippen LogP contribution in [0.2, 0.25) is 0 Å². The third-order valence-corrected chi connectivity index (χ3v) is 17.7. The maximum Gasteiger partial charge on any atom is 0.0704 e. The smallest absolute Gasteiger partial charge is 0.0704 e. The quantitative estimate of drug-likeness (QED) is 0.137. The summed E-state index contributed by atoms with van der Waals surface area (Å²) in [6.07, 6.45) is 16.8. The van der Waals surface area contributed by atoms with Crippen LogP contribution < -0.4 is 19.9 Å². The summed E-state index contributed by atoms with van der Waals surface area (Å²) >= 11 is 0. The van der Waals surface area contributed by atoms with Crippen LogP contribution in [0.4, 0.5) is 0 Å². The van der Waals surface area contributed by atoms with Gasteiger partial charge in [0.15, 0.2) is 0 Å². The van der Waals surface area contributed by atoms with Gasteiger partial charge >= 0.3 is 0 Å². The molecule has 0 saturated carbocycles. The van der Waals surface area contributed by atoms with E-state index in [2.05, 4.69) is 291 Å². The second-order valence-electron chi connectivity index (χ2n) is 23.7. The first-order valence-electron chi connectivity index (χ1n) is 32.1. The standard InChI is InChI=1S/2C44H28N4.2Fe.O/c2*1-5-13-29(14-6-1)41-33-21-23-35(45-33)42(30-15-7-2-8-16-30)37-25-27-39(47-37)44(32-19-11-4-12-20-32)40-28-26-38(48-40)43(31-17-9-3-10-18-31)36-24-22-34(41)46-36;;;/h2*1-28H;;;/q2*-2;;;-2. The fourth-order valence-corrected chi connectivity index (χ4v) is 13.4. The van der Waals surface area contributed by atoms with Crippen molar-refractivity contribution in [3.8, 4) is 89.0 Å². The topological polar surface area (TPSA) is 136 Å². The Bertz CT molecular complexity index is 4730. The fourth-order valence-electron chi connectivity index (χ4n) is 13.4. The number of benzene rings is 8. The number of nitrogens with zero attached hydrogens (tertiary/aromatic N) is 8. The van der Waals surface area contributed by atoms with Crippen LogP contribution in [0.25, 0.3) is 182 Å². The summed E-state index contributed by atoms with van der Waals surface area (Å²) < 4.78 is 0. The van der Waals surface area contributed by atoms with Gasteiger partial charge in [-0.05, 0) is 138 Å². The molecule has 0 fully saturated rings. The zero-order chi connectivity index (χ0) is 63.7. The average Bonchev–Trinajstić information content (AvgIpc) is 1.63. The minimum absolute atomic E-state index is 0. The van der Waals surface area contributed by atoms with Gasteiger partial charge in [0.1, 0.15) is 0 Å². The summed E-state index contributed by atoms with van der Waals surface area (Å²) in [6.45, 7) is 0. The van der Waals surface area contributed by atoms with Crippen LogP contribution in [0.1, 0.15) is 45.6 Å². The summed E-state index contributed by atoms with van der Waals surface area (Å²) in [4.78, 5) is 42.5. The molecule has 0 radical (unpaired) electrons. The van der Waals surface area contributed by atoms with Crippen molar-refractivity contribution < 1.29 is 39.6 Å². The molecule has 0 saturated heterocycles. The molecule has 4 aliphatic rings. The molecular weight excluding hydrogens is 1300 g/mol. The molecule has 0 amide bonds. The third-order valence-electron chi connectivity index (χ3n) is 17.7. The number of rotatable bonds is 8. The molecule has 0 unspecified atom stereocenters. The number of hydrogen-bond acceptors (Lipinski definition) is 4. The summed E-state index contributed by atoms with van der Waals surface area (Å²) in [5, 5.41) is 0. The van der Waals surface area contributed by atoms with Crippen molar-refractivity contribution in [1.82, 2.24) is 39.9 Å². The first kappa shape index (κ1) is 64.3. The molecule has 8 aromatic carbocycles. The zero-order valence-electron chi connectivity index (χ0n) is 53.0. The first-order chi connectivity index (χ1) is 47.6. The van der Waals surface area contributed by atoms with E-state index >= 15 is 0 Å². The van der Waals surface area contributed by atoms with Crippen LogP contribution in [0, 0.1) is 0 Å². The van der Waals surface area contributed by atoms with E-state index in [4.69, 9.17) is 39.9 Å². The van der Waals surface area contributed by atoms with Gasteiger partial charge in [-0.3, -0.25) is 0 Å². The predicted octanol–water partition coefficient (Wildman–Crippen LogP) is 21.0. The minimum atomic E-state index is 0. The van der Waals surface area contributed by atoms with E-state index in [1.807, 2.05) is 48.5 Å². The average molecular weight is 1350 g/mol. The van der Waals surface area contributed by atoms with Gasteiger partial charge in [-0.2, -0.15) is 0 Å². The molecule has 99 heavy (non-hydrogen) atoms. The zero-order valence-corrected chi connectivity index (χ0v) is 55.2. The molecule has 4 aliphatic heterocycles. The first-order valence-corrected chi connectivity index (χ1v) is 32.1. The van der Waals surface area contributed by atoms with Crippen LogP contribution in [0.5, 0.6) is 0 Å². The SMILES string of the molecule is C1=Cc2nc1c(-c1ccccc1)c1ccc([n-]1)c(-c1ccccc1)c1nc(c(-c3ccccc3)c3ccc([n-]3)c2-c2ccccc2)C=C1.C1=Cc2nc1c(-c1ccccc1)c1ccc([n-]1)c(-c1ccccc1)c1nc(c(-c3ccccc3)c3ccc([n-]3)c2-c2ccccc2)C=C1.[Fe].[Fe].[O-2]. The van der Waals surface area contributed by atoms with E-state index in [-0.39, 0.29) is 39.6 Å². The van der Waals surface area contributed by atoms with Crippen LogP contribution >= 0.6 is 0 Å². The number of hydrogen-bond donors (Lipinski definition) is 0. The molecule has 0 atom stereocenters. The number of aromatic nitrogens is 8. The third kappa shape index (κ3) is 12.5. The van der Waals surface area contributed by atoms with E-state index in [0.29, 0.717) is 0 Å². The monoisotopic (exact) mass is 1350 g/mol. The Hall–Kier alpha value is -12.0. The summed E-state index contributed by atoms with van der Waals surface area (Å²) in [6, 6.07) is 100. The van der Waals surface area contributed by atoms with Crippen LogP contribution in [0.3, 0.4) is 0 Å². The molecule has 0 spiro atoms. The Morgan fingerprint density at radius 1 is 0.152 bits per heavy atom. The van der Waals surface area contributed by atoms with E-state index in [1.165, 1.54) is 0 Å². The second-order valence-corrected chi connectivity index (χ2v) is 23.7. The van der Waals surface area contributed by atoms with Crippen molar-refractivity contribution in [2.75, 3.05) is 0 Å². The summed E-state index contributed by atoms with van der Waals surface area (Å²) in [7, 11) is 0. The predicted molar refractivity (Wildman–Crippen MR) is 398 cm³/mol. The van der Waals surface area contributed by atoms with Crippen LogP contribution in [0.15, 0.2) is 291 Å². The molecule has 11 heteroatoms. The van der Waals surface area contributed by atoms with E-state index in [9.17, 15) is 0 Å². The minimum Gasteiger partial charge on any atom is -2.00 e. The van der Waals surface area contributed by atoms with Gasteiger partial charge in [0.25, 0.3) is 0 Å². The van der Waals surface area contributed by atoms with Gasteiger partial charge < -0.3 is 25.4 Å². The summed E-state index contributed by atoms with van der Waals surface area (Å²) in [5.41, 5.74) is 30.0. The molecule has 10 heterocycles. The molecule has 18 rings (SSSR count). The Kier molecular flexibility index (Phi) is 18.4. The van der Waals surface area contributed by atoms with E-state index in [0.717, 1.165) is 179 Å². The van der Waals surface area contributed by atoms with Gasteiger partial charge in [-0.25, -0.2) is 19.9 Å². The number of fused-ring (bicyclic) bond motifs is 16. The van der Waals surface area contributed by atoms with Gasteiger partial charge in [0, 0.05) is 34.1 Å².